The Hall–Kier alpha value is -0.390. The van der Waals surface area contributed by atoms with Crippen molar-refractivity contribution < 1.29 is 13.5 Å². The molecule has 0 unspecified atom stereocenters. The highest BCUT2D eigenvalue weighted by Gasteiger charge is 2.25. The second-order valence-electron chi connectivity index (χ2n) is 3.14. The summed E-state index contributed by atoms with van der Waals surface area (Å²) in [7, 11) is 0. The highest BCUT2D eigenvalue weighted by atomic mass is 79.9. The molecule has 0 aromatic heterocycles. The van der Waals surface area contributed by atoms with Crippen LogP contribution < -0.4 is 10.5 Å². The number of rotatable bonds is 0. The van der Waals surface area contributed by atoms with Crippen molar-refractivity contribution >= 4 is 28.3 Å². The lowest BCUT2D eigenvalue weighted by Gasteiger charge is -2.23. The van der Waals surface area contributed by atoms with Crippen molar-refractivity contribution in [3.8, 4) is 5.75 Å². The first-order valence-corrected chi connectivity index (χ1v) is 4.96. The zero-order valence-corrected chi connectivity index (χ0v) is 10.00. The fourth-order valence-electron chi connectivity index (χ4n) is 1.49. The lowest BCUT2D eigenvalue weighted by Crippen LogP contribution is -2.22. The molecule has 2 N–H and O–H groups in total. The standard InChI is InChI=1S/C9H8BrF2NO.ClH/c10-8-4(11)3-6-7(9(8)12)5(13)1-2-14-6;/h3,5H,1-2,13H2;1H/t5-;/m1./s1. The number of hydrogen-bond donors (Lipinski definition) is 1. The molecule has 1 heterocycles. The molecule has 0 aliphatic carbocycles. The van der Waals surface area contributed by atoms with Gasteiger partial charge < -0.3 is 10.5 Å². The third kappa shape index (κ3) is 2.09. The SMILES string of the molecule is Cl.N[C@@H]1CCOc2cc(F)c(Br)c(F)c21. The van der Waals surface area contributed by atoms with E-state index in [1.165, 1.54) is 0 Å². The Morgan fingerprint density at radius 1 is 1.47 bits per heavy atom. The number of halogens is 4. The highest BCUT2D eigenvalue weighted by molar-refractivity contribution is 9.10. The van der Waals surface area contributed by atoms with Crippen molar-refractivity contribution in [2.24, 2.45) is 5.73 Å². The summed E-state index contributed by atoms with van der Waals surface area (Å²) in [5.74, 6) is -1.12. The molecule has 15 heavy (non-hydrogen) atoms. The van der Waals surface area contributed by atoms with Crippen molar-refractivity contribution in [3.63, 3.8) is 0 Å². The van der Waals surface area contributed by atoms with Crippen LogP contribution >= 0.6 is 28.3 Å². The Bertz CT molecular complexity index is 389. The molecule has 1 aromatic rings. The van der Waals surface area contributed by atoms with E-state index >= 15 is 0 Å². The average molecular weight is 301 g/mol. The summed E-state index contributed by atoms with van der Waals surface area (Å²) < 4.78 is 31.6. The van der Waals surface area contributed by atoms with Gasteiger partial charge in [-0.25, -0.2) is 8.78 Å². The average Bonchev–Trinajstić information content (AvgIpc) is 2.14. The van der Waals surface area contributed by atoms with Gasteiger partial charge in [0.25, 0.3) is 0 Å². The first-order valence-electron chi connectivity index (χ1n) is 4.17. The van der Waals surface area contributed by atoms with E-state index in [1.54, 1.807) is 0 Å². The molecule has 1 aliphatic rings. The molecule has 0 fully saturated rings. The van der Waals surface area contributed by atoms with E-state index < -0.39 is 17.7 Å². The summed E-state index contributed by atoms with van der Waals surface area (Å²) >= 11 is 2.82. The lowest BCUT2D eigenvalue weighted by atomic mass is 10.0. The van der Waals surface area contributed by atoms with E-state index in [4.69, 9.17) is 10.5 Å². The molecule has 84 valence electrons. The Kier molecular flexibility index (Phi) is 3.92. The van der Waals surface area contributed by atoms with E-state index in [2.05, 4.69) is 15.9 Å². The van der Waals surface area contributed by atoms with Crippen LogP contribution in [0.2, 0.25) is 0 Å². The normalized spacial score (nSPS) is 18.8. The fourth-order valence-corrected chi connectivity index (χ4v) is 1.82. The third-order valence-electron chi connectivity index (χ3n) is 2.22. The molecule has 2 nitrogen and oxygen atoms in total. The third-order valence-corrected chi connectivity index (χ3v) is 2.95. The fraction of sp³-hybridized carbons (Fsp3) is 0.333. The Morgan fingerprint density at radius 3 is 2.80 bits per heavy atom. The minimum atomic E-state index is -0.671. The minimum Gasteiger partial charge on any atom is -0.493 e. The van der Waals surface area contributed by atoms with Crippen LogP contribution in [0, 0.1) is 11.6 Å². The molecule has 6 heteroatoms. The maximum absolute atomic E-state index is 13.5. The second-order valence-corrected chi connectivity index (χ2v) is 3.93. The predicted molar refractivity (Wildman–Crippen MR) is 58.3 cm³/mol. The van der Waals surface area contributed by atoms with Crippen molar-refractivity contribution in [1.82, 2.24) is 0 Å². The topological polar surface area (TPSA) is 35.2 Å². The molecule has 2 rings (SSSR count). The van der Waals surface area contributed by atoms with Crippen LogP contribution in [0.1, 0.15) is 18.0 Å². The van der Waals surface area contributed by atoms with Crippen LogP contribution in [-0.2, 0) is 0 Å². The summed E-state index contributed by atoms with van der Waals surface area (Å²) in [5.41, 5.74) is 5.96. The molecule has 0 spiro atoms. The van der Waals surface area contributed by atoms with Gasteiger partial charge in [-0.15, -0.1) is 12.4 Å². The van der Waals surface area contributed by atoms with Crippen molar-refractivity contribution in [3.05, 3.63) is 27.7 Å². The van der Waals surface area contributed by atoms with Crippen LogP contribution in [0.15, 0.2) is 10.5 Å². The first-order chi connectivity index (χ1) is 6.61. The summed E-state index contributed by atoms with van der Waals surface area (Å²) in [5, 5.41) is 0. The first kappa shape index (κ1) is 12.7. The Balaban J connectivity index is 0.00000112. The van der Waals surface area contributed by atoms with Crippen molar-refractivity contribution in [2.45, 2.75) is 12.5 Å². The predicted octanol–water partition coefficient (Wildman–Crippen LogP) is 2.93. The zero-order valence-electron chi connectivity index (χ0n) is 7.60. The monoisotopic (exact) mass is 299 g/mol. The van der Waals surface area contributed by atoms with Crippen LogP contribution in [0.4, 0.5) is 8.78 Å². The number of fused-ring (bicyclic) bond motifs is 1. The maximum Gasteiger partial charge on any atom is 0.148 e. The van der Waals surface area contributed by atoms with Crippen LogP contribution in [0.3, 0.4) is 0 Å². The van der Waals surface area contributed by atoms with Gasteiger partial charge in [-0.1, -0.05) is 0 Å². The van der Waals surface area contributed by atoms with Gasteiger partial charge in [-0.05, 0) is 15.9 Å². The van der Waals surface area contributed by atoms with Gasteiger partial charge in [-0.2, -0.15) is 0 Å². The summed E-state index contributed by atoms with van der Waals surface area (Å²) in [6.45, 7) is 0.397. The molecule has 0 radical (unpaired) electrons. The van der Waals surface area contributed by atoms with E-state index in [1.807, 2.05) is 0 Å². The van der Waals surface area contributed by atoms with Gasteiger partial charge >= 0.3 is 0 Å². The number of nitrogens with two attached hydrogens (primary N) is 1. The van der Waals surface area contributed by atoms with Gasteiger partial charge in [-0.3, -0.25) is 0 Å². The second kappa shape index (κ2) is 4.63. The molecule has 1 aromatic carbocycles. The molecular weight excluding hydrogens is 291 g/mol. The Morgan fingerprint density at radius 2 is 2.13 bits per heavy atom. The van der Waals surface area contributed by atoms with E-state index in [9.17, 15) is 8.78 Å². The molecule has 0 bridgehead atoms. The highest BCUT2D eigenvalue weighted by Crippen LogP contribution is 2.37. The van der Waals surface area contributed by atoms with Gasteiger partial charge in [0, 0.05) is 24.1 Å². The summed E-state index contributed by atoms with van der Waals surface area (Å²) in [4.78, 5) is 0. The smallest absolute Gasteiger partial charge is 0.148 e. The lowest BCUT2D eigenvalue weighted by molar-refractivity contribution is 0.261. The molecular formula is C9H9BrClF2NO. The van der Waals surface area contributed by atoms with Gasteiger partial charge in [0.05, 0.1) is 11.1 Å². The molecule has 0 saturated carbocycles. The minimum absolute atomic E-state index is 0. The molecule has 0 amide bonds. The van der Waals surface area contributed by atoms with Crippen LogP contribution in [-0.4, -0.2) is 6.61 Å². The summed E-state index contributed by atoms with van der Waals surface area (Å²) in [6.07, 6.45) is 0.544. The molecule has 0 saturated heterocycles. The molecule has 1 atom stereocenters. The quantitative estimate of drug-likeness (QED) is 0.748. The number of ether oxygens (including phenoxy) is 1. The van der Waals surface area contributed by atoms with Gasteiger partial charge in [0.15, 0.2) is 0 Å². The van der Waals surface area contributed by atoms with E-state index in [-0.39, 0.29) is 28.2 Å². The number of benzene rings is 1. The van der Waals surface area contributed by atoms with Crippen LogP contribution in [0.5, 0.6) is 5.75 Å². The zero-order chi connectivity index (χ0) is 10.3. The van der Waals surface area contributed by atoms with Gasteiger partial charge in [0.2, 0.25) is 0 Å². The largest absolute Gasteiger partial charge is 0.493 e. The maximum atomic E-state index is 13.5. The van der Waals surface area contributed by atoms with Gasteiger partial charge in [0.1, 0.15) is 17.4 Å². The summed E-state index contributed by atoms with van der Waals surface area (Å²) in [6, 6.07) is 0.734. The Labute approximate surface area is 100 Å². The number of hydrogen-bond acceptors (Lipinski definition) is 2. The molecule has 1 aliphatic heterocycles. The van der Waals surface area contributed by atoms with E-state index in [0.717, 1.165) is 6.07 Å². The van der Waals surface area contributed by atoms with E-state index in [0.29, 0.717) is 13.0 Å². The van der Waals surface area contributed by atoms with Crippen molar-refractivity contribution in [1.29, 1.82) is 0 Å². The van der Waals surface area contributed by atoms with Crippen molar-refractivity contribution in [2.75, 3.05) is 6.61 Å². The van der Waals surface area contributed by atoms with Crippen LogP contribution in [0.25, 0.3) is 0 Å².